The van der Waals surface area contributed by atoms with Crippen LogP contribution < -0.4 is 0 Å². The van der Waals surface area contributed by atoms with E-state index >= 15 is 0 Å². The Balaban J connectivity index is 2.14. The Hall–Kier alpha value is -0.340. The lowest BCUT2D eigenvalue weighted by Gasteiger charge is -2.12. The summed E-state index contributed by atoms with van der Waals surface area (Å²) < 4.78 is 10.3. The number of ether oxygens (including phenoxy) is 2. The van der Waals surface area contributed by atoms with Crippen molar-refractivity contribution in [3.05, 3.63) is 12.7 Å². The number of hydrogen-bond acceptors (Lipinski definition) is 2. The van der Waals surface area contributed by atoms with E-state index in [2.05, 4.69) is 19.6 Å². The molecule has 2 nitrogen and oxygen atoms in total. The first kappa shape index (κ1) is 13.7. The lowest BCUT2D eigenvalue weighted by molar-refractivity contribution is -0.0368. The summed E-state index contributed by atoms with van der Waals surface area (Å²) in [5.74, 6) is 0.682. The van der Waals surface area contributed by atoms with Gasteiger partial charge in [-0.05, 0) is 24.2 Å². The van der Waals surface area contributed by atoms with Crippen molar-refractivity contribution in [1.82, 2.24) is 0 Å². The van der Waals surface area contributed by atoms with Crippen molar-refractivity contribution in [1.29, 1.82) is 0 Å². The molecule has 0 bridgehead atoms. The molecule has 16 heavy (non-hydrogen) atoms. The van der Waals surface area contributed by atoms with Crippen molar-refractivity contribution in [2.45, 2.75) is 45.4 Å². The molecule has 0 heterocycles. The second-order valence-electron chi connectivity index (χ2n) is 4.93. The van der Waals surface area contributed by atoms with Crippen molar-refractivity contribution in [3.8, 4) is 0 Å². The molecule has 0 amide bonds. The zero-order valence-corrected chi connectivity index (χ0v) is 10.8. The van der Waals surface area contributed by atoms with E-state index in [0.29, 0.717) is 18.1 Å². The summed E-state index contributed by atoms with van der Waals surface area (Å²) in [7, 11) is 1.67. The van der Waals surface area contributed by atoms with E-state index in [0.717, 1.165) is 6.61 Å². The molecule has 0 aromatic heterocycles. The molecule has 0 aliphatic heterocycles. The fraction of sp³-hybridized carbons (Fsp3) is 0.857. The Labute approximate surface area is 100 Å². The van der Waals surface area contributed by atoms with E-state index in [-0.39, 0.29) is 0 Å². The van der Waals surface area contributed by atoms with E-state index in [9.17, 15) is 0 Å². The van der Waals surface area contributed by atoms with Crippen LogP contribution in [0.3, 0.4) is 0 Å². The summed E-state index contributed by atoms with van der Waals surface area (Å²) in [5, 5.41) is 0. The number of unbranched alkanes of at least 4 members (excludes halogenated alkanes) is 3. The SMILES string of the molecule is C=C[C@@]1(CCCCCC)C[C@H]1COCOC. The van der Waals surface area contributed by atoms with E-state index < -0.39 is 0 Å². The largest absolute Gasteiger partial charge is 0.359 e. The van der Waals surface area contributed by atoms with E-state index in [1.807, 2.05) is 0 Å². The second kappa shape index (κ2) is 7.08. The summed E-state index contributed by atoms with van der Waals surface area (Å²) in [6, 6.07) is 0. The molecule has 0 radical (unpaired) electrons. The van der Waals surface area contributed by atoms with Gasteiger partial charge in [-0.1, -0.05) is 38.7 Å². The Morgan fingerprint density at radius 3 is 2.81 bits per heavy atom. The molecule has 0 saturated heterocycles. The van der Waals surface area contributed by atoms with Crippen molar-refractivity contribution >= 4 is 0 Å². The molecule has 0 unspecified atom stereocenters. The maximum atomic E-state index is 5.42. The Morgan fingerprint density at radius 1 is 1.38 bits per heavy atom. The summed E-state index contributed by atoms with van der Waals surface area (Å²) >= 11 is 0. The van der Waals surface area contributed by atoms with Crippen molar-refractivity contribution in [2.75, 3.05) is 20.5 Å². The maximum Gasteiger partial charge on any atom is 0.146 e. The predicted molar refractivity (Wildman–Crippen MR) is 67.3 cm³/mol. The van der Waals surface area contributed by atoms with Gasteiger partial charge in [0.1, 0.15) is 6.79 Å². The molecule has 0 spiro atoms. The zero-order valence-electron chi connectivity index (χ0n) is 10.8. The third kappa shape index (κ3) is 3.91. The van der Waals surface area contributed by atoms with Crippen molar-refractivity contribution < 1.29 is 9.47 Å². The van der Waals surface area contributed by atoms with Crippen LogP contribution in [-0.2, 0) is 9.47 Å². The first-order valence-corrected chi connectivity index (χ1v) is 6.49. The van der Waals surface area contributed by atoms with Gasteiger partial charge in [0, 0.05) is 7.11 Å². The topological polar surface area (TPSA) is 18.5 Å². The summed E-state index contributed by atoms with van der Waals surface area (Å²) in [6.45, 7) is 7.48. The number of methoxy groups -OCH3 is 1. The van der Waals surface area contributed by atoms with Crippen LogP contribution in [0.4, 0.5) is 0 Å². The van der Waals surface area contributed by atoms with Crippen molar-refractivity contribution in [2.24, 2.45) is 11.3 Å². The highest BCUT2D eigenvalue weighted by molar-refractivity contribution is 5.12. The lowest BCUT2D eigenvalue weighted by Crippen LogP contribution is -2.07. The van der Waals surface area contributed by atoms with Gasteiger partial charge in [0.2, 0.25) is 0 Å². The Morgan fingerprint density at radius 2 is 2.19 bits per heavy atom. The lowest BCUT2D eigenvalue weighted by atomic mass is 9.95. The van der Waals surface area contributed by atoms with Gasteiger partial charge >= 0.3 is 0 Å². The van der Waals surface area contributed by atoms with Gasteiger partial charge in [-0.2, -0.15) is 0 Å². The molecule has 0 N–H and O–H groups in total. The van der Waals surface area contributed by atoms with Crippen LogP contribution in [-0.4, -0.2) is 20.5 Å². The van der Waals surface area contributed by atoms with Gasteiger partial charge < -0.3 is 9.47 Å². The van der Waals surface area contributed by atoms with Crippen LogP contribution >= 0.6 is 0 Å². The molecule has 1 aliphatic rings. The van der Waals surface area contributed by atoms with Crippen molar-refractivity contribution in [3.63, 3.8) is 0 Å². The molecule has 2 atom stereocenters. The molecule has 94 valence electrons. The summed E-state index contributed by atoms with van der Waals surface area (Å²) in [6.07, 6.45) is 10.1. The minimum absolute atomic E-state index is 0.390. The smallest absolute Gasteiger partial charge is 0.146 e. The highest BCUT2D eigenvalue weighted by Gasteiger charge is 2.50. The average molecular weight is 226 g/mol. The fourth-order valence-electron chi connectivity index (χ4n) is 2.44. The minimum atomic E-state index is 0.390. The van der Waals surface area contributed by atoms with Gasteiger partial charge in [0.25, 0.3) is 0 Å². The molecule has 1 saturated carbocycles. The molecular weight excluding hydrogens is 200 g/mol. The van der Waals surface area contributed by atoms with Gasteiger partial charge in [-0.25, -0.2) is 0 Å². The minimum Gasteiger partial charge on any atom is -0.359 e. The first-order valence-electron chi connectivity index (χ1n) is 6.49. The predicted octanol–water partition coefficient (Wildman–Crippen LogP) is 3.77. The highest BCUT2D eigenvalue weighted by atomic mass is 16.7. The van der Waals surface area contributed by atoms with E-state index in [4.69, 9.17) is 9.47 Å². The van der Waals surface area contributed by atoms with Gasteiger partial charge in [-0.15, -0.1) is 6.58 Å². The number of rotatable bonds is 10. The van der Waals surface area contributed by atoms with Crippen LogP contribution in [0.25, 0.3) is 0 Å². The molecule has 1 aliphatic carbocycles. The monoisotopic (exact) mass is 226 g/mol. The zero-order chi connectivity index (χ0) is 11.9. The number of hydrogen-bond donors (Lipinski definition) is 0. The average Bonchev–Trinajstić information content (AvgIpc) is 3.00. The van der Waals surface area contributed by atoms with Crippen LogP contribution in [0.15, 0.2) is 12.7 Å². The summed E-state index contributed by atoms with van der Waals surface area (Å²) in [5.41, 5.74) is 0.390. The quantitative estimate of drug-likeness (QED) is 0.321. The Kier molecular flexibility index (Phi) is 6.07. The molecule has 2 heteroatoms. The maximum absolute atomic E-state index is 5.42. The molecule has 1 rings (SSSR count). The highest BCUT2D eigenvalue weighted by Crippen LogP contribution is 2.57. The third-order valence-corrected chi connectivity index (χ3v) is 3.70. The standard InChI is InChI=1S/C14H26O2/c1-4-6-7-8-9-14(5-2)10-13(14)11-16-12-15-3/h5,13H,2,4,6-12H2,1,3H3/t13-,14+/m0/s1. The van der Waals surface area contributed by atoms with Gasteiger partial charge in [0.15, 0.2) is 0 Å². The molecule has 0 aromatic rings. The third-order valence-electron chi connectivity index (χ3n) is 3.70. The molecular formula is C14H26O2. The van der Waals surface area contributed by atoms with E-state index in [1.54, 1.807) is 7.11 Å². The normalized spacial score (nSPS) is 28.0. The van der Waals surface area contributed by atoms with Crippen LogP contribution in [0.2, 0.25) is 0 Å². The molecule has 0 aromatic carbocycles. The van der Waals surface area contributed by atoms with Crippen LogP contribution in [0, 0.1) is 11.3 Å². The number of allylic oxidation sites excluding steroid dienone is 1. The second-order valence-corrected chi connectivity index (χ2v) is 4.93. The first-order chi connectivity index (χ1) is 7.79. The van der Waals surface area contributed by atoms with Gasteiger partial charge in [-0.3, -0.25) is 0 Å². The van der Waals surface area contributed by atoms with Gasteiger partial charge in [0.05, 0.1) is 6.61 Å². The van der Waals surface area contributed by atoms with E-state index in [1.165, 1.54) is 38.5 Å². The summed E-state index contributed by atoms with van der Waals surface area (Å²) in [4.78, 5) is 0. The van der Waals surface area contributed by atoms with Crippen LogP contribution in [0.1, 0.15) is 45.4 Å². The Bertz CT molecular complexity index is 203. The van der Waals surface area contributed by atoms with Crippen LogP contribution in [0.5, 0.6) is 0 Å². The molecule has 1 fully saturated rings. The fourth-order valence-corrected chi connectivity index (χ4v) is 2.44.